The zero-order chi connectivity index (χ0) is 21.7. The van der Waals surface area contributed by atoms with Gasteiger partial charge in [0.15, 0.2) is 0 Å². The van der Waals surface area contributed by atoms with Gasteiger partial charge in [-0.2, -0.15) is 0 Å². The van der Waals surface area contributed by atoms with Gasteiger partial charge in [-0.15, -0.1) is 0 Å². The molecule has 1 heterocycles. The van der Waals surface area contributed by atoms with E-state index in [2.05, 4.69) is 98.7 Å². The fourth-order valence-corrected chi connectivity index (χ4v) is 6.26. The zero-order valence-electron chi connectivity index (χ0n) is 19.8. The van der Waals surface area contributed by atoms with Crippen LogP contribution in [0, 0.1) is 0 Å². The monoisotopic (exact) mass is 410 g/mol. The lowest BCUT2D eigenvalue weighted by Gasteiger charge is -2.25. The Bertz CT molecular complexity index is 800. The predicted octanol–water partition coefficient (Wildman–Crippen LogP) is 8.27. The first-order chi connectivity index (χ1) is 13.6. The Morgan fingerprint density at radius 2 is 1.34 bits per heavy atom. The molecule has 2 aromatic rings. The van der Waals surface area contributed by atoms with Gasteiger partial charge in [0.1, 0.15) is 0 Å². The van der Waals surface area contributed by atoms with E-state index in [1.807, 2.05) is 0 Å². The van der Waals surface area contributed by atoms with E-state index in [1.54, 1.807) is 0 Å². The quantitative estimate of drug-likeness (QED) is 0.317. The average molecular weight is 411 g/mol. The van der Waals surface area contributed by atoms with E-state index in [0.29, 0.717) is 11.8 Å². The summed E-state index contributed by atoms with van der Waals surface area (Å²) in [5.74, 6) is 0.889. The van der Waals surface area contributed by atoms with E-state index >= 15 is 0 Å². The number of aromatic nitrogens is 1. The van der Waals surface area contributed by atoms with Crippen LogP contribution in [0.2, 0.25) is 0 Å². The SMILES string of the molecule is CC(=Nc1c(C(C)C)cccc1C(C)C)c1cccc(CP(C(C)C)C(C)C)n1. The van der Waals surface area contributed by atoms with Crippen LogP contribution in [0.3, 0.4) is 0 Å². The Morgan fingerprint density at radius 1 is 0.828 bits per heavy atom. The van der Waals surface area contributed by atoms with Crippen molar-refractivity contribution in [3.63, 3.8) is 0 Å². The maximum atomic E-state index is 5.12. The minimum absolute atomic E-state index is 0.0646. The van der Waals surface area contributed by atoms with Crippen LogP contribution in [-0.4, -0.2) is 22.0 Å². The van der Waals surface area contributed by atoms with Gasteiger partial charge in [-0.25, -0.2) is 0 Å². The van der Waals surface area contributed by atoms with Crippen LogP contribution in [-0.2, 0) is 6.16 Å². The molecule has 0 aliphatic heterocycles. The second-order valence-corrected chi connectivity index (χ2v) is 12.6. The first-order valence-electron chi connectivity index (χ1n) is 11.0. The third-order valence-electron chi connectivity index (χ3n) is 5.47. The van der Waals surface area contributed by atoms with Gasteiger partial charge in [0, 0.05) is 11.9 Å². The number of aliphatic imine (C=N–C) groups is 1. The second kappa shape index (κ2) is 10.5. The lowest BCUT2D eigenvalue weighted by Crippen LogP contribution is -2.08. The van der Waals surface area contributed by atoms with Crippen molar-refractivity contribution in [1.82, 2.24) is 4.98 Å². The van der Waals surface area contributed by atoms with Crippen molar-refractivity contribution >= 4 is 19.3 Å². The fraction of sp³-hybridized carbons (Fsp3) is 0.538. The van der Waals surface area contributed by atoms with Crippen molar-refractivity contribution in [2.45, 2.75) is 91.6 Å². The number of hydrogen-bond acceptors (Lipinski definition) is 2. The molecule has 0 saturated heterocycles. The van der Waals surface area contributed by atoms with Crippen LogP contribution in [0.1, 0.15) is 96.7 Å². The van der Waals surface area contributed by atoms with E-state index in [9.17, 15) is 0 Å². The molecule has 3 heteroatoms. The number of hydrogen-bond donors (Lipinski definition) is 0. The molecule has 0 fully saturated rings. The van der Waals surface area contributed by atoms with Gasteiger partial charge in [-0.05, 0) is 53.3 Å². The van der Waals surface area contributed by atoms with E-state index in [4.69, 9.17) is 9.98 Å². The maximum absolute atomic E-state index is 5.12. The van der Waals surface area contributed by atoms with E-state index in [1.165, 1.54) is 16.8 Å². The normalized spacial score (nSPS) is 12.8. The lowest BCUT2D eigenvalue weighted by atomic mass is 9.93. The zero-order valence-corrected chi connectivity index (χ0v) is 20.7. The first-order valence-corrected chi connectivity index (χ1v) is 12.7. The molecule has 0 aliphatic carbocycles. The summed E-state index contributed by atoms with van der Waals surface area (Å²) in [6, 6.07) is 13.0. The largest absolute Gasteiger partial charge is 0.251 e. The molecule has 29 heavy (non-hydrogen) atoms. The lowest BCUT2D eigenvalue weighted by molar-refractivity contribution is 0.834. The van der Waals surface area contributed by atoms with Crippen molar-refractivity contribution < 1.29 is 0 Å². The molecule has 0 atom stereocenters. The van der Waals surface area contributed by atoms with Crippen LogP contribution in [0.5, 0.6) is 0 Å². The first kappa shape index (κ1) is 23.7. The number of benzene rings is 1. The van der Waals surface area contributed by atoms with Gasteiger partial charge in [0.25, 0.3) is 0 Å². The van der Waals surface area contributed by atoms with Crippen LogP contribution in [0.4, 0.5) is 5.69 Å². The Hall–Kier alpha value is -1.53. The van der Waals surface area contributed by atoms with Crippen molar-refractivity contribution in [3.8, 4) is 0 Å². The van der Waals surface area contributed by atoms with E-state index in [-0.39, 0.29) is 7.92 Å². The molecular weight excluding hydrogens is 371 g/mol. The van der Waals surface area contributed by atoms with Crippen LogP contribution < -0.4 is 0 Å². The molecule has 0 saturated carbocycles. The van der Waals surface area contributed by atoms with Crippen molar-refractivity contribution in [3.05, 3.63) is 58.9 Å². The minimum Gasteiger partial charge on any atom is -0.251 e. The molecule has 0 bridgehead atoms. The smallest absolute Gasteiger partial charge is 0.0845 e. The molecule has 0 N–H and O–H groups in total. The third-order valence-corrected chi connectivity index (χ3v) is 8.81. The highest BCUT2D eigenvalue weighted by Gasteiger charge is 2.18. The van der Waals surface area contributed by atoms with Crippen molar-refractivity contribution in [2.75, 3.05) is 0 Å². The standard InChI is InChI=1S/C26H39N2P/c1-17(2)23-13-11-14-24(18(3)4)26(23)27-21(9)25-15-10-12-22(28-25)16-29(19(5)6)20(7)8/h10-15,17-20H,16H2,1-9H3. The predicted molar refractivity (Wildman–Crippen MR) is 132 cm³/mol. The molecule has 1 aromatic carbocycles. The van der Waals surface area contributed by atoms with Crippen LogP contribution in [0.25, 0.3) is 0 Å². The highest BCUT2D eigenvalue weighted by molar-refractivity contribution is 7.58. The average Bonchev–Trinajstić information content (AvgIpc) is 2.65. The molecule has 1 aromatic heterocycles. The fourth-order valence-electron chi connectivity index (χ4n) is 3.78. The van der Waals surface area contributed by atoms with Gasteiger partial charge in [0.05, 0.1) is 17.1 Å². The maximum Gasteiger partial charge on any atom is 0.0845 e. The van der Waals surface area contributed by atoms with Crippen LogP contribution in [0.15, 0.2) is 41.4 Å². The summed E-state index contributed by atoms with van der Waals surface area (Å²) < 4.78 is 0. The molecule has 0 spiro atoms. The van der Waals surface area contributed by atoms with Crippen molar-refractivity contribution in [1.29, 1.82) is 0 Å². The highest BCUT2D eigenvalue weighted by atomic mass is 31.1. The molecule has 2 rings (SSSR count). The summed E-state index contributed by atoms with van der Waals surface area (Å²) in [7, 11) is -0.0646. The number of para-hydroxylation sites is 1. The van der Waals surface area contributed by atoms with Gasteiger partial charge >= 0.3 is 0 Å². The van der Waals surface area contributed by atoms with Gasteiger partial charge in [0.2, 0.25) is 0 Å². The molecule has 0 unspecified atom stereocenters. The summed E-state index contributed by atoms with van der Waals surface area (Å²) in [4.78, 5) is 10.1. The molecule has 0 aliphatic rings. The number of nitrogens with zero attached hydrogens (tertiary/aromatic N) is 2. The number of rotatable bonds is 8. The second-order valence-electron chi connectivity index (χ2n) is 9.17. The van der Waals surface area contributed by atoms with Crippen molar-refractivity contribution in [2.24, 2.45) is 4.99 Å². The summed E-state index contributed by atoms with van der Waals surface area (Å²) in [5.41, 5.74) is 8.40. The summed E-state index contributed by atoms with van der Waals surface area (Å²) >= 11 is 0. The summed E-state index contributed by atoms with van der Waals surface area (Å²) in [6.07, 6.45) is 1.09. The topological polar surface area (TPSA) is 25.2 Å². The van der Waals surface area contributed by atoms with Gasteiger partial charge in [-0.3, -0.25) is 9.98 Å². The van der Waals surface area contributed by atoms with Crippen LogP contribution >= 0.6 is 7.92 Å². The van der Waals surface area contributed by atoms with E-state index in [0.717, 1.165) is 34.6 Å². The minimum atomic E-state index is -0.0646. The highest BCUT2D eigenvalue weighted by Crippen LogP contribution is 2.48. The van der Waals surface area contributed by atoms with Gasteiger partial charge < -0.3 is 0 Å². The Kier molecular flexibility index (Phi) is 8.58. The molecule has 0 radical (unpaired) electrons. The number of pyridine rings is 1. The Labute approximate surface area is 180 Å². The molecule has 0 amide bonds. The van der Waals surface area contributed by atoms with Gasteiger partial charge in [-0.1, -0.05) is 87.6 Å². The summed E-state index contributed by atoms with van der Waals surface area (Å²) in [5, 5.41) is 0. The Balaban J connectivity index is 2.43. The molecule has 2 nitrogen and oxygen atoms in total. The summed E-state index contributed by atoms with van der Waals surface area (Å²) in [6.45, 7) is 20.5. The Morgan fingerprint density at radius 3 is 1.83 bits per heavy atom. The van der Waals surface area contributed by atoms with E-state index < -0.39 is 0 Å². The molecule has 158 valence electrons. The third kappa shape index (κ3) is 6.22. The molecular formula is C26H39N2P.